The Morgan fingerprint density at radius 1 is 1.27 bits per heavy atom. The second-order valence-corrected chi connectivity index (χ2v) is 7.72. The van der Waals surface area contributed by atoms with Crippen molar-refractivity contribution in [1.82, 2.24) is 19.7 Å². The van der Waals surface area contributed by atoms with E-state index in [0.717, 1.165) is 36.0 Å². The SMILES string of the molecule is CN1CCC[C@@H](Nc2nnc(-c3ccc4sccc4c3O)n(C)c2=O)C1. The fourth-order valence-corrected chi connectivity index (χ4v) is 4.26. The number of hydrogen-bond acceptors (Lipinski definition) is 7. The van der Waals surface area contributed by atoms with E-state index in [9.17, 15) is 9.90 Å². The highest BCUT2D eigenvalue weighted by Crippen LogP contribution is 2.36. The van der Waals surface area contributed by atoms with Gasteiger partial charge in [-0.15, -0.1) is 21.5 Å². The van der Waals surface area contributed by atoms with Crippen LogP contribution >= 0.6 is 11.3 Å². The molecule has 7 nitrogen and oxygen atoms in total. The summed E-state index contributed by atoms with van der Waals surface area (Å²) in [5.41, 5.74) is 0.264. The van der Waals surface area contributed by atoms with E-state index < -0.39 is 0 Å². The van der Waals surface area contributed by atoms with Gasteiger partial charge < -0.3 is 15.3 Å². The summed E-state index contributed by atoms with van der Waals surface area (Å²) in [6, 6.07) is 5.75. The minimum absolute atomic E-state index is 0.127. The Hall–Kier alpha value is -2.45. The van der Waals surface area contributed by atoms with Crippen LogP contribution in [0.3, 0.4) is 0 Å². The highest BCUT2D eigenvalue weighted by atomic mass is 32.1. The van der Waals surface area contributed by atoms with Crippen molar-refractivity contribution in [2.24, 2.45) is 7.05 Å². The third-order valence-corrected chi connectivity index (χ3v) is 5.76. The van der Waals surface area contributed by atoms with Crippen molar-refractivity contribution < 1.29 is 5.11 Å². The van der Waals surface area contributed by atoms with Gasteiger partial charge in [0.05, 0.1) is 5.56 Å². The molecule has 0 aliphatic carbocycles. The molecule has 0 amide bonds. The first-order valence-electron chi connectivity index (χ1n) is 8.63. The Balaban J connectivity index is 1.69. The average Bonchev–Trinajstić information content (AvgIpc) is 3.10. The number of nitrogens with zero attached hydrogens (tertiary/aromatic N) is 4. The lowest BCUT2D eigenvalue weighted by molar-refractivity contribution is 0.260. The minimum atomic E-state index is -0.243. The van der Waals surface area contributed by atoms with Gasteiger partial charge in [-0.25, -0.2) is 0 Å². The Morgan fingerprint density at radius 2 is 2.12 bits per heavy atom. The number of likely N-dealkylation sites (tertiary alicyclic amines) is 1. The molecule has 1 aliphatic heterocycles. The molecular formula is C18H21N5O2S. The quantitative estimate of drug-likeness (QED) is 0.735. The van der Waals surface area contributed by atoms with Gasteiger partial charge in [-0.1, -0.05) is 0 Å². The van der Waals surface area contributed by atoms with Gasteiger partial charge >= 0.3 is 0 Å². The van der Waals surface area contributed by atoms with E-state index in [4.69, 9.17) is 0 Å². The number of benzene rings is 1. The largest absolute Gasteiger partial charge is 0.507 e. The summed E-state index contributed by atoms with van der Waals surface area (Å²) in [7, 11) is 3.73. The predicted octanol–water partition coefficient (Wildman–Crippen LogP) is 2.27. The van der Waals surface area contributed by atoms with Crippen molar-refractivity contribution in [2.75, 3.05) is 25.5 Å². The molecule has 26 heavy (non-hydrogen) atoms. The zero-order chi connectivity index (χ0) is 18.3. The lowest BCUT2D eigenvalue weighted by atomic mass is 10.1. The summed E-state index contributed by atoms with van der Waals surface area (Å²) in [4.78, 5) is 15.0. The molecule has 1 aromatic carbocycles. The van der Waals surface area contributed by atoms with Gasteiger partial charge in [0.1, 0.15) is 5.75 Å². The van der Waals surface area contributed by atoms with Crippen LogP contribution in [0.4, 0.5) is 5.82 Å². The fraction of sp³-hybridized carbons (Fsp3) is 0.389. The average molecular weight is 371 g/mol. The first-order chi connectivity index (χ1) is 12.5. The summed E-state index contributed by atoms with van der Waals surface area (Å²) >= 11 is 1.56. The van der Waals surface area contributed by atoms with Crippen molar-refractivity contribution >= 4 is 27.2 Å². The van der Waals surface area contributed by atoms with Gasteiger partial charge in [0.15, 0.2) is 5.82 Å². The number of piperidine rings is 1. The lowest BCUT2D eigenvalue weighted by Crippen LogP contribution is -2.41. The summed E-state index contributed by atoms with van der Waals surface area (Å²) in [5, 5.41) is 24.8. The lowest BCUT2D eigenvalue weighted by Gasteiger charge is -2.30. The van der Waals surface area contributed by atoms with Crippen molar-refractivity contribution in [2.45, 2.75) is 18.9 Å². The maximum absolute atomic E-state index is 12.7. The molecule has 0 saturated carbocycles. The highest BCUT2D eigenvalue weighted by Gasteiger charge is 2.21. The van der Waals surface area contributed by atoms with Crippen LogP contribution in [-0.4, -0.2) is 50.9 Å². The molecule has 1 saturated heterocycles. The first-order valence-corrected chi connectivity index (χ1v) is 9.51. The number of phenols is 1. The Bertz CT molecular complexity index is 1010. The molecule has 3 aromatic rings. The predicted molar refractivity (Wildman–Crippen MR) is 104 cm³/mol. The molecule has 0 unspecified atom stereocenters. The summed E-state index contributed by atoms with van der Waals surface area (Å²) < 4.78 is 2.43. The molecule has 0 bridgehead atoms. The number of aromatic nitrogens is 3. The van der Waals surface area contributed by atoms with Crippen LogP contribution in [0, 0.1) is 0 Å². The molecule has 0 spiro atoms. The maximum Gasteiger partial charge on any atom is 0.296 e. The number of thiophene rings is 1. The topological polar surface area (TPSA) is 83.3 Å². The summed E-state index contributed by atoms with van der Waals surface area (Å²) in [6.07, 6.45) is 2.10. The number of rotatable bonds is 3. The van der Waals surface area contributed by atoms with Crippen LogP contribution in [0.15, 0.2) is 28.4 Å². The smallest absolute Gasteiger partial charge is 0.296 e. The Morgan fingerprint density at radius 3 is 2.92 bits per heavy atom. The number of likely N-dealkylation sites (N-methyl/N-ethyl adjacent to an activating group) is 1. The first kappa shape index (κ1) is 17.0. The standard InChI is InChI=1S/C18H21N5O2S/c1-22-8-3-4-11(10-22)19-16-18(25)23(2)17(21-20-16)13-5-6-14-12(15(13)24)7-9-26-14/h5-7,9,11,24H,3-4,8,10H2,1-2H3,(H,19,20)/t11-/m1/s1. The van der Waals surface area contributed by atoms with E-state index in [-0.39, 0.29) is 23.2 Å². The molecular weight excluding hydrogens is 350 g/mol. The molecule has 0 radical (unpaired) electrons. The number of hydrogen-bond donors (Lipinski definition) is 2. The zero-order valence-electron chi connectivity index (χ0n) is 14.8. The fourth-order valence-electron chi connectivity index (χ4n) is 3.47. The van der Waals surface area contributed by atoms with Crippen LogP contribution < -0.4 is 10.9 Å². The highest BCUT2D eigenvalue weighted by molar-refractivity contribution is 7.17. The van der Waals surface area contributed by atoms with Crippen LogP contribution in [0.1, 0.15) is 12.8 Å². The van der Waals surface area contributed by atoms with Gasteiger partial charge in [-0.2, -0.15) is 0 Å². The monoisotopic (exact) mass is 371 g/mol. The second-order valence-electron chi connectivity index (χ2n) is 6.78. The number of phenolic OH excluding ortho intramolecular Hbond substituents is 1. The second kappa shape index (κ2) is 6.69. The van der Waals surface area contributed by atoms with Gasteiger partial charge in [0.25, 0.3) is 5.56 Å². The van der Waals surface area contributed by atoms with Crippen molar-refractivity contribution in [3.05, 3.63) is 33.9 Å². The minimum Gasteiger partial charge on any atom is -0.507 e. The van der Waals surface area contributed by atoms with Crippen molar-refractivity contribution in [1.29, 1.82) is 0 Å². The van der Waals surface area contributed by atoms with E-state index in [1.807, 2.05) is 17.5 Å². The third-order valence-electron chi connectivity index (χ3n) is 4.88. The van der Waals surface area contributed by atoms with E-state index in [1.54, 1.807) is 24.5 Å². The van der Waals surface area contributed by atoms with E-state index in [0.29, 0.717) is 11.4 Å². The molecule has 1 aliphatic rings. The summed E-state index contributed by atoms with van der Waals surface area (Å²) in [5.74, 6) is 0.738. The zero-order valence-corrected chi connectivity index (χ0v) is 15.6. The van der Waals surface area contributed by atoms with Gasteiger partial charge in [-0.3, -0.25) is 9.36 Å². The molecule has 8 heteroatoms. The maximum atomic E-state index is 12.7. The Kier molecular flexibility index (Phi) is 4.37. The third kappa shape index (κ3) is 2.95. The van der Waals surface area contributed by atoms with Gasteiger partial charge in [0, 0.05) is 29.7 Å². The molecule has 3 heterocycles. The van der Waals surface area contributed by atoms with Crippen LogP contribution in [0.25, 0.3) is 21.5 Å². The van der Waals surface area contributed by atoms with Crippen LogP contribution in [0.2, 0.25) is 0 Å². The number of anilines is 1. The van der Waals surface area contributed by atoms with Crippen molar-refractivity contribution in [3.63, 3.8) is 0 Å². The molecule has 4 rings (SSSR count). The van der Waals surface area contributed by atoms with Crippen LogP contribution in [0.5, 0.6) is 5.75 Å². The number of aromatic hydroxyl groups is 1. The Labute approximate surface area is 154 Å². The van der Waals surface area contributed by atoms with E-state index in [2.05, 4.69) is 27.5 Å². The molecule has 2 N–H and O–H groups in total. The molecule has 1 atom stereocenters. The normalized spacial score (nSPS) is 18.3. The van der Waals surface area contributed by atoms with Crippen molar-refractivity contribution in [3.8, 4) is 17.1 Å². The van der Waals surface area contributed by atoms with E-state index >= 15 is 0 Å². The number of fused-ring (bicyclic) bond motifs is 1. The summed E-state index contributed by atoms with van der Waals surface area (Å²) in [6.45, 7) is 1.95. The van der Waals surface area contributed by atoms with E-state index in [1.165, 1.54) is 4.57 Å². The molecule has 1 fully saturated rings. The number of nitrogens with one attached hydrogen (secondary N) is 1. The van der Waals surface area contributed by atoms with Gasteiger partial charge in [-0.05, 0) is 50.0 Å². The molecule has 2 aromatic heterocycles. The molecule has 136 valence electrons. The van der Waals surface area contributed by atoms with Gasteiger partial charge in [0.2, 0.25) is 5.82 Å². The van der Waals surface area contributed by atoms with Crippen LogP contribution in [-0.2, 0) is 7.05 Å².